The standard InChI is InChI=1S/C5H8N2O/c1-3-4(2)7-5(8)6-3/h4H,1H2,2H3,(H2,6,7,8). The lowest BCUT2D eigenvalue weighted by molar-refractivity contribution is 0.248. The molecule has 8 heavy (non-hydrogen) atoms. The molecule has 1 saturated heterocycles. The van der Waals surface area contributed by atoms with Gasteiger partial charge in [-0.15, -0.1) is 0 Å². The molecule has 1 atom stereocenters. The summed E-state index contributed by atoms with van der Waals surface area (Å²) in [6, 6.07) is -0.0648. The van der Waals surface area contributed by atoms with Crippen molar-refractivity contribution in [2.75, 3.05) is 0 Å². The van der Waals surface area contributed by atoms with Crippen LogP contribution in [0.3, 0.4) is 0 Å². The van der Waals surface area contributed by atoms with E-state index in [2.05, 4.69) is 17.2 Å². The molecule has 2 N–H and O–H groups in total. The molecule has 0 saturated carbocycles. The number of nitrogens with one attached hydrogen (secondary N) is 2. The summed E-state index contributed by atoms with van der Waals surface area (Å²) in [7, 11) is 0. The van der Waals surface area contributed by atoms with Crippen molar-refractivity contribution >= 4 is 6.03 Å². The number of amides is 2. The third kappa shape index (κ3) is 0.665. The monoisotopic (exact) mass is 112 g/mol. The Morgan fingerprint density at radius 3 is 2.50 bits per heavy atom. The molecule has 0 spiro atoms. The van der Waals surface area contributed by atoms with Gasteiger partial charge < -0.3 is 10.6 Å². The lowest BCUT2D eigenvalue weighted by atomic mass is 10.3. The first-order valence-electron chi connectivity index (χ1n) is 2.46. The lowest BCUT2D eigenvalue weighted by Crippen LogP contribution is -2.23. The van der Waals surface area contributed by atoms with E-state index in [0.29, 0.717) is 0 Å². The Balaban J connectivity index is 2.64. The third-order valence-corrected chi connectivity index (χ3v) is 1.14. The maximum absolute atomic E-state index is 10.4. The van der Waals surface area contributed by atoms with Gasteiger partial charge in [0.25, 0.3) is 0 Å². The Morgan fingerprint density at radius 1 is 1.75 bits per heavy atom. The molecular weight excluding hydrogens is 104 g/mol. The zero-order valence-electron chi connectivity index (χ0n) is 4.69. The molecule has 1 fully saturated rings. The molecule has 0 aromatic carbocycles. The first-order chi connectivity index (χ1) is 3.70. The molecule has 3 nitrogen and oxygen atoms in total. The van der Waals surface area contributed by atoms with E-state index in [-0.39, 0.29) is 12.1 Å². The summed E-state index contributed by atoms with van der Waals surface area (Å²) in [6.07, 6.45) is 0. The van der Waals surface area contributed by atoms with Gasteiger partial charge in [0.2, 0.25) is 0 Å². The van der Waals surface area contributed by atoms with Crippen LogP contribution in [0.4, 0.5) is 4.79 Å². The highest BCUT2D eigenvalue weighted by Crippen LogP contribution is 1.99. The summed E-state index contributed by atoms with van der Waals surface area (Å²) < 4.78 is 0. The minimum atomic E-state index is -0.150. The molecule has 0 radical (unpaired) electrons. The van der Waals surface area contributed by atoms with Crippen LogP contribution in [0.5, 0.6) is 0 Å². The van der Waals surface area contributed by atoms with Crippen molar-refractivity contribution < 1.29 is 4.79 Å². The second kappa shape index (κ2) is 1.51. The average molecular weight is 112 g/mol. The van der Waals surface area contributed by atoms with Gasteiger partial charge in [-0.25, -0.2) is 4.79 Å². The van der Waals surface area contributed by atoms with E-state index in [0.717, 1.165) is 5.70 Å². The van der Waals surface area contributed by atoms with Crippen molar-refractivity contribution in [3.8, 4) is 0 Å². The van der Waals surface area contributed by atoms with Crippen LogP contribution in [-0.4, -0.2) is 12.1 Å². The summed E-state index contributed by atoms with van der Waals surface area (Å²) in [5.74, 6) is 0. The fourth-order valence-electron chi connectivity index (χ4n) is 0.574. The van der Waals surface area contributed by atoms with Crippen LogP contribution in [0, 0.1) is 0 Å². The van der Waals surface area contributed by atoms with E-state index >= 15 is 0 Å². The van der Waals surface area contributed by atoms with Crippen LogP contribution in [0.1, 0.15) is 6.92 Å². The van der Waals surface area contributed by atoms with E-state index < -0.39 is 0 Å². The predicted molar refractivity (Wildman–Crippen MR) is 30.3 cm³/mol. The van der Waals surface area contributed by atoms with Crippen LogP contribution in [-0.2, 0) is 0 Å². The SMILES string of the molecule is C=C1NC(=O)NC1C. The van der Waals surface area contributed by atoms with Gasteiger partial charge in [0.15, 0.2) is 0 Å². The second-order valence-electron chi connectivity index (χ2n) is 1.85. The van der Waals surface area contributed by atoms with E-state index in [1.165, 1.54) is 0 Å². The highest BCUT2D eigenvalue weighted by atomic mass is 16.2. The molecule has 0 aromatic rings. The van der Waals surface area contributed by atoms with Gasteiger partial charge in [0.05, 0.1) is 6.04 Å². The van der Waals surface area contributed by atoms with Gasteiger partial charge in [-0.05, 0) is 6.92 Å². The predicted octanol–water partition coefficient (Wildman–Crippen LogP) is 0.201. The van der Waals surface area contributed by atoms with Crippen molar-refractivity contribution in [3.05, 3.63) is 12.3 Å². The Hall–Kier alpha value is -0.990. The van der Waals surface area contributed by atoms with Crippen molar-refractivity contribution in [3.63, 3.8) is 0 Å². The third-order valence-electron chi connectivity index (χ3n) is 1.14. The lowest BCUT2D eigenvalue weighted by Gasteiger charge is -1.96. The molecule has 1 unspecified atom stereocenters. The summed E-state index contributed by atoms with van der Waals surface area (Å²) in [5.41, 5.74) is 0.745. The maximum Gasteiger partial charge on any atom is 0.319 e. The maximum atomic E-state index is 10.4. The van der Waals surface area contributed by atoms with Crippen LogP contribution < -0.4 is 10.6 Å². The van der Waals surface area contributed by atoms with Crippen molar-refractivity contribution in [2.24, 2.45) is 0 Å². The van der Waals surface area contributed by atoms with E-state index in [4.69, 9.17) is 0 Å². The molecule has 1 rings (SSSR count). The molecule has 2 amide bonds. The van der Waals surface area contributed by atoms with Gasteiger partial charge in [0.1, 0.15) is 0 Å². The number of carbonyl (C=O) groups is 1. The fourth-order valence-corrected chi connectivity index (χ4v) is 0.574. The Kier molecular flexibility index (Phi) is 0.970. The van der Waals surface area contributed by atoms with Crippen molar-refractivity contribution in [1.29, 1.82) is 0 Å². The van der Waals surface area contributed by atoms with Crippen molar-refractivity contribution in [1.82, 2.24) is 10.6 Å². The zero-order valence-corrected chi connectivity index (χ0v) is 4.69. The van der Waals surface area contributed by atoms with Gasteiger partial charge in [-0.2, -0.15) is 0 Å². The summed E-state index contributed by atoms with van der Waals surface area (Å²) in [6.45, 7) is 5.47. The smallest absolute Gasteiger partial charge is 0.319 e. The molecule has 1 aliphatic rings. The summed E-state index contributed by atoms with van der Waals surface area (Å²) in [4.78, 5) is 10.4. The Bertz CT molecular complexity index is 141. The molecule has 0 bridgehead atoms. The molecule has 0 aliphatic carbocycles. The Morgan fingerprint density at radius 2 is 2.38 bits per heavy atom. The minimum Gasteiger partial charge on any atom is -0.330 e. The molecule has 1 heterocycles. The molecule has 3 heteroatoms. The van der Waals surface area contributed by atoms with E-state index in [9.17, 15) is 4.79 Å². The summed E-state index contributed by atoms with van der Waals surface area (Å²) >= 11 is 0. The minimum absolute atomic E-state index is 0.0856. The number of urea groups is 1. The molecular formula is C5H8N2O. The molecule has 0 aromatic heterocycles. The quantitative estimate of drug-likeness (QED) is 0.462. The second-order valence-corrected chi connectivity index (χ2v) is 1.85. The zero-order chi connectivity index (χ0) is 6.15. The van der Waals surface area contributed by atoms with Crippen LogP contribution in [0.2, 0.25) is 0 Å². The largest absolute Gasteiger partial charge is 0.330 e. The van der Waals surface area contributed by atoms with Crippen LogP contribution in [0.15, 0.2) is 12.3 Å². The van der Waals surface area contributed by atoms with E-state index in [1.807, 2.05) is 6.92 Å². The normalized spacial score (nSPS) is 27.4. The molecule has 44 valence electrons. The highest BCUT2D eigenvalue weighted by molar-refractivity contribution is 5.79. The molecule has 1 aliphatic heterocycles. The van der Waals surface area contributed by atoms with Gasteiger partial charge in [-0.3, -0.25) is 0 Å². The topological polar surface area (TPSA) is 41.1 Å². The van der Waals surface area contributed by atoms with E-state index in [1.54, 1.807) is 0 Å². The number of hydrogen-bond donors (Lipinski definition) is 2. The highest BCUT2D eigenvalue weighted by Gasteiger charge is 2.18. The van der Waals surface area contributed by atoms with Gasteiger partial charge in [0, 0.05) is 5.70 Å². The number of rotatable bonds is 0. The van der Waals surface area contributed by atoms with Gasteiger partial charge >= 0.3 is 6.03 Å². The first kappa shape index (κ1) is 5.15. The first-order valence-corrected chi connectivity index (χ1v) is 2.46. The fraction of sp³-hybridized carbons (Fsp3) is 0.400. The van der Waals surface area contributed by atoms with Crippen LogP contribution >= 0.6 is 0 Å². The average Bonchev–Trinajstić information content (AvgIpc) is 1.85. The van der Waals surface area contributed by atoms with Gasteiger partial charge in [-0.1, -0.05) is 6.58 Å². The Labute approximate surface area is 47.8 Å². The number of hydrogen-bond acceptors (Lipinski definition) is 1. The number of carbonyl (C=O) groups excluding carboxylic acids is 1. The van der Waals surface area contributed by atoms with Crippen LogP contribution in [0.25, 0.3) is 0 Å². The van der Waals surface area contributed by atoms with Crippen molar-refractivity contribution in [2.45, 2.75) is 13.0 Å². The summed E-state index contributed by atoms with van der Waals surface area (Å²) in [5, 5.41) is 5.14.